The molecule has 0 aromatic heterocycles. The fourth-order valence-electron chi connectivity index (χ4n) is 0.943. The van der Waals surface area contributed by atoms with E-state index in [0.29, 0.717) is 11.3 Å². The highest BCUT2D eigenvalue weighted by Crippen LogP contribution is 2.14. The van der Waals surface area contributed by atoms with Crippen LogP contribution in [0.25, 0.3) is 0 Å². The van der Waals surface area contributed by atoms with Gasteiger partial charge in [-0.15, -0.1) is 0 Å². The van der Waals surface area contributed by atoms with E-state index < -0.39 is 17.2 Å². The third-order valence-corrected chi connectivity index (χ3v) is 2.20. The Bertz CT molecular complexity index is 299. The van der Waals surface area contributed by atoms with Crippen molar-refractivity contribution in [2.75, 3.05) is 11.5 Å². The Hall–Kier alpha value is -0.910. The molecule has 0 aliphatic rings. The zero-order valence-electron chi connectivity index (χ0n) is 6.84. The molecule has 0 aliphatic carbocycles. The maximum absolute atomic E-state index is 10.3. The fraction of sp³-hybridized carbons (Fsp3) is 0.250. The lowest BCUT2D eigenvalue weighted by Crippen LogP contribution is -2.08. The average Bonchev–Trinajstić information content (AvgIpc) is 2.04. The molecule has 13 heavy (non-hydrogen) atoms. The van der Waals surface area contributed by atoms with Gasteiger partial charge in [0.1, 0.15) is 0 Å². The van der Waals surface area contributed by atoms with Gasteiger partial charge in [-0.2, -0.15) is 0 Å². The number of benzene rings is 1. The molecule has 0 heterocycles. The predicted molar refractivity (Wildman–Crippen MR) is 49.6 cm³/mol. The van der Waals surface area contributed by atoms with Crippen LogP contribution in [0.1, 0.15) is 11.7 Å². The lowest BCUT2D eigenvalue weighted by Gasteiger charge is -2.12. The van der Waals surface area contributed by atoms with E-state index in [4.69, 9.17) is 5.73 Å². The molecule has 0 saturated heterocycles. The third-order valence-electron chi connectivity index (χ3n) is 1.62. The first-order valence-corrected chi connectivity index (χ1v) is 4.93. The first-order valence-electron chi connectivity index (χ1n) is 3.69. The Morgan fingerprint density at radius 1 is 1.46 bits per heavy atom. The van der Waals surface area contributed by atoms with Gasteiger partial charge in [0.05, 0.1) is 6.10 Å². The molecule has 72 valence electrons. The van der Waals surface area contributed by atoms with Crippen LogP contribution in [0.4, 0.5) is 5.69 Å². The zero-order valence-corrected chi connectivity index (χ0v) is 7.66. The van der Waals surface area contributed by atoms with Crippen LogP contribution < -0.4 is 5.73 Å². The smallest absolute Gasteiger partial charge is 0.0894 e. The Balaban J connectivity index is 2.71. The number of nitrogens with two attached hydrogens (primary N) is 1. The molecule has 2 unspecified atom stereocenters. The molecule has 0 saturated carbocycles. The number of hydrogen-bond donors (Lipinski definition) is 2. The second-order valence-electron chi connectivity index (χ2n) is 2.65. The molecule has 0 bridgehead atoms. The second kappa shape index (κ2) is 4.36. The quantitative estimate of drug-likeness (QED) is 0.538. The summed E-state index contributed by atoms with van der Waals surface area (Å²) in [5.41, 5.74) is 6.56. The van der Waals surface area contributed by atoms with Crippen LogP contribution >= 0.6 is 0 Å². The maximum atomic E-state index is 10.3. The van der Waals surface area contributed by atoms with E-state index in [1.54, 1.807) is 24.3 Å². The van der Waals surface area contributed by atoms with E-state index in [1.165, 1.54) is 0 Å². The monoisotopic (exact) mass is 200 g/mol. The van der Waals surface area contributed by atoms with Gasteiger partial charge in [0, 0.05) is 11.4 Å². The van der Waals surface area contributed by atoms with Crippen molar-refractivity contribution in [3.05, 3.63) is 29.8 Å². The number of rotatable bonds is 3. The fourth-order valence-corrected chi connectivity index (χ4v) is 1.39. The summed E-state index contributed by atoms with van der Waals surface area (Å²) in [4.78, 5) is 0. The van der Waals surface area contributed by atoms with E-state index in [2.05, 4.69) is 0 Å². The summed E-state index contributed by atoms with van der Waals surface area (Å²) in [6.07, 6.45) is -0.973. The minimum absolute atomic E-state index is 0.288. The molecule has 0 aliphatic heterocycles. The van der Waals surface area contributed by atoms with Crippen molar-refractivity contribution >= 4 is 16.8 Å². The minimum Gasteiger partial charge on any atom is -0.772 e. The topological polar surface area (TPSA) is 86.4 Å². The number of aliphatic hydroxyl groups excluding tert-OH is 1. The first kappa shape index (κ1) is 10.2. The third kappa shape index (κ3) is 3.14. The summed E-state index contributed by atoms with van der Waals surface area (Å²) >= 11 is -2.23. The highest BCUT2D eigenvalue weighted by molar-refractivity contribution is 7.79. The van der Waals surface area contributed by atoms with Crippen molar-refractivity contribution in [3.8, 4) is 0 Å². The SMILES string of the molecule is Nc1ccc(C(O)CS(=O)[O-])cc1. The van der Waals surface area contributed by atoms with Crippen LogP contribution in [0.15, 0.2) is 24.3 Å². The van der Waals surface area contributed by atoms with E-state index >= 15 is 0 Å². The van der Waals surface area contributed by atoms with Crippen LogP contribution in [0.3, 0.4) is 0 Å². The summed E-state index contributed by atoms with van der Waals surface area (Å²) in [6.45, 7) is 0. The van der Waals surface area contributed by atoms with Gasteiger partial charge in [-0.25, -0.2) is 0 Å². The lowest BCUT2D eigenvalue weighted by molar-refractivity contribution is 0.201. The van der Waals surface area contributed by atoms with Crippen LogP contribution in [0.5, 0.6) is 0 Å². The molecule has 1 aromatic carbocycles. The summed E-state index contributed by atoms with van der Waals surface area (Å²) in [7, 11) is 0. The maximum Gasteiger partial charge on any atom is 0.0894 e. The Kier molecular flexibility index (Phi) is 3.41. The van der Waals surface area contributed by atoms with E-state index in [9.17, 15) is 13.9 Å². The molecule has 1 aromatic rings. The minimum atomic E-state index is -2.23. The van der Waals surface area contributed by atoms with Gasteiger partial charge < -0.3 is 15.4 Å². The van der Waals surface area contributed by atoms with E-state index in [-0.39, 0.29) is 5.75 Å². The van der Waals surface area contributed by atoms with Gasteiger partial charge in [-0.1, -0.05) is 23.2 Å². The molecular formula is C8H10NO3S-. The van der Waals surface area contributed by atoms with Crippen molar-refractivity contribution in [2.24, 2.45) is 0 Å². The highest BCUT2D eigenvalue weighted by Gasteiger charge is 2.06. The summed E-state index contributed by atoms with van der Waals surface area (Å²) in [6, 6.07) is 6.44. The largest absolute Gasteiger partial charge is 0.772 e. The van der Waals surface area contributed by atoms with Gasteiger partial charge in [0.25, 0.3) is 0 Å². The van der Waals surface area contributed by atoms with Crippen molar-refractivity contribution in [3.63, 3.8) is 0 Å². The molecular weight excluding hydrogens is 190 g/mol. The van der Waals surface area contributed by atoms with Crippen molar-refractivity contribution in [1.29, 1.82) is 0 Å². The molecule has 4 nitrogen and oxygen atoms in total. The van der Waals surface area contributed by atoms with Crippen molar-refractivity contribution in [1.82, 2.24) is 0 Å². The number of aliphatic hydroxyl groups is 1. The average molecular weight is 200 g/mol. The van der Waals surface area contributed by atoms with E-state index in [1.807, 2.05) is 0 Å². The summed E-state index contributed by atoms with van der Waals surface area (Å²) in [5.74, 6) is -0.288. The molecule has 0 fully saturated rings. The number of hydrogen-bond acceptors (Lipinski definition) is 4. The van der Waals surface area contributed by atoms with Crippen LogP contribution in [0.2, 0.25) is 0 Å². The normalized spacial score (nSPS) is 15.2. The van der Waals surface area contributed by atoms with Gasteiger partial charge in [0.15, 0.2) is 0 Å². The van der Waals surface area contributed by atoms with Gasteiger partial charge in [-0.05, 0) is 17.7 Å². The van der Waals surface area contributed by atoms with Crippen LogP contribution in [-0.4, -0.2) is 19.6 Å². The first-order chi connectivity index (χ1) is 6.09. The molecule has 0 spiro atoms. The second-order valence-corrected chi connectivity index (χ2v) is 3.59. The van der Waals surface area contributed by atoms with Gasteiger partial charge in [-0.3, -0.25) is 4.21 Å². The van der Waals surface area contributed by atoms with Crippen LogP contribution in [-0.2, 0) is 11.1 Å². The molecule has 5 heteroatoms. The van der Waals surface area contributed by atoms with E-state index in [0.717, 1.165) is 0 Å². The molecule has 1 rings (SSSR count). The number of nitrogen functional groups attached to an aromatic ring is 1. The Labute approximate surface area is 78.7 Å². The van der Waals surface area contributed by atoms with Crippen molar-refractivity contribution in [2.45, 2.75) is 6.10 Å². The van der Waals surface area contributed by atoms with Crippen LogP contribution in [0, 0.1) is 0 Å². The number of anilines is 1. The molecule has 0 amide bonds. The lowest BCUT2D eigenvalue weighted by atomic mass is 10.1. The Morgan fingerprint density at radius 3 is 2.46 bits per heavy atom. The molecule has 2 atom stereocenters. The summed E-state index contributed by atoms with van der Waals surface area (Å²) < 4.78 is 20.5. The summed E-state index contributed by atoms with van der Waals surface area (Å²) in [5, 5.41) is 9.35. The van der Waals surface area contributed by atoms with Crippen molar-refractivity contribution < 1.29 is 13.9 Å². The Morgan fingerprint density at radius 2 is 2.00 bits per heavy atom. The van der Waals surface area contributed by atoms with Gasteiger partial charge in [0.2, 0.25) is 0 Å². The molecule has 0 radical (unpaired) electrons. The zero-order chi connectivity index (χ0) is 9.84. The van der Waals surface area contributed by atoms with Gasteiger partial charge >= 0.3 is 0 Å². The predicted octanol–water partition coefficient (Wildman–Crippen LogP) is 0.181. The standard InChI is InChI=1S/C8H11NO3S/c9-7-3-1-6(2-4-7)8(10)5-13(11)12/h1-4,8,10H,5,9H2,(H,11,12)/p-1. The highest BCUT2D eigenvalue weighted by atomic mass is 32.2. The molecule has 3 N–H and O–H groups in total.